The third-order valence-electron chi connectivity index (χ3n) is 8.77. The highest BCUT2D eigenvalue weighted by molar-refractivity contribution is 5.64. The molecule has 0 atom stereocenters. The summed E-state index contributed by atoms with van der Waals surface area (Å²) in [7, 11) is 0. The van der Waals surface area contributed by atoms with Crippen molar-refractivity contribution < 1.29 is 54.1 Å². The van der Waals surface area contributed by atoms with E-state index in [-0.39, 0.29) is 49.0 Å². The quantitative estimate of drug-likeness (QED) is 0.150. The van der Waals surface area contributed by atoms with Crippen LogP contribution < -0.4 is 4.74 Å². The maximum atomic E-state index is 15.2. The van der Waals surface area contributed by atoms with E-state index >= 15 is 8.78 Å². The highest BCUT2D eigenvalue weighted by Crippen LogP contribution is 2.42. The molecule has 0 aromatic heterocycles. The molecule has 256 valence electrons. The summed E-state index contributed by atoms with van der Waals surface area (Å²) in [5, 5.41) is 0. The fourth-order valence-electron chi connectivity index (χ4n) is 6.26. The number of halogens is 8. The summed E-state index contributed by atoms with van der Waals surface area (Å²) in [4.78, 5) is 0. The number of hydrogen-bond acceptors (Lipinski definition) is 4. The Morgan fingerprint density at radius 2 is 1.36 bits per heavy atom. The van der Waals surface area contributed by atoms with Crippen LogP contribution in [0.2, 0.25) is 0 Å². The highest BCUT2D eigenvalue weighted by Gasteiger charge is 2.43. The first-order chi connectivity index (χ1) is 22.3. The van der Waals surface area contributed by atoms with Crippen LogP contribution in [0.15, 0.2) is 54.6 Å². The molecule has 0 amide bonds. The number of hydrogen-bond donors (Lipinski definition) is 0. The first-order valence-corrected chi connectivity index (χ1v) is 15.8. The highest BCUT2D eigenvalue weighted by atomic mass is 19.4. The van der Waals surface area contributed by atoms with E-state index in [9.17, 15) is 26.3 Å². The maximum absolute atomic E-state index is 15.2. The van der Waals surface area contributed by atoms with E-state index in [2.05, 4.69) is 11.7 Å². The summed E-state index contributed by atoms with van der Waals surface area (Å²) in [5.41, 5.74) is 0.508. The topological polar surface area (TPSA) is 36.9 Å². The Bertz CT molecular complexity index is 1450. The molecular formula is C35H36F8O4. The first kappa shape index (κ1) is 35.1. The SMILES string of the molecule is CCCCCc1ccc(-c2cc(F)c(C(F)(F)OC3CCC(C4COC(c5ccc(OC(F)(F)F)c(F)c5)OC4)CC3)c(F)c2)cc1. The Morgan fingerprint density at radius 1 is 0.723 bits per heavy atom. The average molecular weight is 673 g/mol. The standard InChI is InChI=1S/C35H36F8O4/c1-2-3-4-5-21-6-8-22(9-7-21)25-17-29(37)32(30(38)18-25)34(39,40)46-27-13-10-23(11-14-27)26-19-44-33(45-20-26)24-12-15-31(28(36)16-24)47-35(41,42)43/h6-9,12,15-18,23,26-27,33H,2-5,10-11,13-14,19-20H2,1H3. The van der Waals surface area contributed by atoms with Gasteiger partial charge in [-0.1, -0.05) is 50.1 Å². The molecule has 3 aromatic rings. The van der Waals surface area contributed by atoms with Gasteiger partial charge in [0.15, 0.2) is 17.9 Å². The van der Waals surface area contributed by atoms with Crippen molar-refractivity contribution in [3.63, 3.8) is 0 Å². The van der Waals surface area contributed by atoms with E-state index in [1.165, 1.54) is 6.07 Å². The lowest BCUT2D eigenvalue weighted by Crippen LogP contribution is -2.37. The zero-order valence-corrected chi connectivity index (χ0v) is 25.7. The molecule has 1 saturated heterocycles. The van der Waals surface area contributed by atoms with Crippen LogP contribution in [-0.2, 0) is 26.7 Å². The van der Waals surface area contributed by atoms with Gasteiger partial charge in [-0.15, -0.1) is 13.2 Å². The van der Waals surface area contributed by atoms with E-state index in [4.69, 9.17) is 14.2 Å². The summed E-state index contributed by atoms with van der Waals surface area (Å²) in [6, 6.07) is 11.9. The van der Waals surface area contributed by atoms with E-state index in [1.807, 2.05) is 12.1 Å². The van der Waals surface area contributed by atoms with Gasteiger partial charge in [0, 0.05) is 11.5 Å². The van der Waals surface area contributed by atoms with Crippen molar-refractivity contribution in [1.82, 2.24) is 0 Å². The predicted molar refractivity (Wildman–Crippen MR) is 157 cm³/mol. The van der Waals surface area contributed by atoms with Gasteiger partial charge < -0.3 is 18.9 Å². The van der Waals surface area contributed by atoms with Crippen LogP contribution in [0.3, 0.4) is 0 Å². The van der Waals surface area contributed by atoms with Crippen LogP contribution in [0, 0.1) is 29.3 Å². The minimum Gasteiger partial charge on any atom is -0.403 e. The van der Waals surface area contributed by atoms with Gasteiger partial charge in [0.25, 0.3) is 0 Å². The lowest BCUT2D eigenvalue weighted by molar-refractivity contribution is -0.282. The Hall–Kier alpha value is -3.22. The van der Waals surface area contributed by atoms with Gasteiger partial charge in [0.2, 0.25) is 0 Å². The van der Waals surface area contributed by atoms with E-state index in [0.29, 0.717) is 18.4 Å². The Balaban J connectivity index is 1.12. The smallest absolute Gasteiger partial charge is 0.403 e. The van der Waals surface area contributed by atoms with Crippen molar-refractivity contribution >= 4 is 0 Å². The van der Waals surface area contributed by atoms with Gasteiger partial charge in [-0.3, -0.25) is 0 Å². The van der Waals surface area contributed by atoms with Gasteiger partial charge in [-0.05, 0) is 85.4 Å². The molecule has 0 N–H and O–H groups in total. The Morgan fingerprint density at radius 3 is 1.94 bits per heavy atom. The summed E-state index contributed by atoms with van der Waals surface area (Å²) < 4.78 is 132. The van der Waals surface area contributed by atoms with E-state index in [1.54, 1.807) is 12.1 Å². The number of ether oxygens (including phenoxy) is 4. The van der Waals surface area contributed by atoms with Crippen molar-refractivity contribution in [3.8, 4) is 16.9 Å². The monoisotopic (exact) mass is 672 g/mol. The second kappa shape index (κ2) is 14.9. The van der Waals surface area contributed by atoms with Crippen LogP contribution >= 0.6 is 0 Å². The first-order valence-electron chi connectivity index (χ1n) is 15.8. The molecule has 3 aromatic carbocycles. The summed E-state index contributed by atoms with van der Waals surface area (Å²) in [6.45, 7) is 2.51. The molecule has 0 unspecified atom stereocenters. The van der Waals surface area contributed by atoms with Crippen molar-refractivity contribution in [2.75, 3.05) is 13.2 Å². The number of unbranched alkanes of at least 4 members (excludes halogenated alkanes) is 2. The predicted octanol–water partition coefficient (Wildman–Crippen LogP) is 10.4. The van der Waals surface area contributed by atoms with Crippen molar-refractivity contribution in [2.45, 2.75) is 83.2 Å². The van der Waals surface area contributed by atoms with Gasteiger partial charge in [0.05, 0.1) is 19.3 Å². The molecule has 0 bridgehead atoms. The van der Waals surface area contributed by atoms with Crippen molar-refractivity contribution in [3.05, 3.63) is 88.7 Å². The van der Waals surface area contributed by atoms with Crippen LogP contribution in [0.4, 0.5) is 35.1 Å². The number of aryl methyl sites for hydroxylation is 1. The van der Waals surface area contributed by atoms with Gasteiger partial charge in [-0.25, -0.2) is 13.2 Å². The third kappa shape index (κ3) is 9.03. The molecule has 1 aliphatic carbocycles. The summed E-state index contributed by atoms with van der Waals surface area (Å²) >= 11 is 0. The molecule has 2 aliphatic rings. The van der Waals surface area contributed by atoms with E-state index < -0.39 is 53.6 Å². The second-order valence-corrected chi connectivity index (χ2v) is 12.1. The zero-order valence-electron chi connectivity index (χ0n) is 25.7. The molecule has 47 heavy (non-hydrogen) atoms. The Kier molecular flexibility index (Phi) is 11.1. The minimum absolute atomic E-state index is 0.0227. The van der Waals surface area contributed by atoms with Gasteiger partial charge >= 0.3 is 12.5 Å². The Labute approximate surface area is 268 Å². The van der Waals surface area contributed by atoms with Crippen molar-refractivity contribution in [2.24, 2.45) is 11.8 Å². The van der Waals surface area contributed by atoms with Crippen LogP contribution in [0.5, 0.6) is 5.75 Å². The number of rotatable bonds is 11. The fraction of sp³-hybridized carbons (Fsp3) is 0.486. The number of benzene rings is 3. The third-order valence-corrected chi connectivity index (χ3v) is 8.77. The lowest BCUT2D eigenvalue weighted by atomic mass is 9.79. The number of alkyl halides is 5. The maximum Gasteiger partial charge on any atom is 0.573 e. The molecular weight excluding hydrogens is 636 g/mol. The van der Waals surface area contributed by atoms with Gasteiger partial charge in [-0.2, -0.15) is 8.78 Å². The molecule has 0 spiro atoms. The van der Waals surface area contributed by atoms with Gasteiger partial charge in [0.1, 0.15) is 17.2 Å². The zero-order chi connectivity index (χ0) is 33.8. The molecule has 12 heteroatoms. The molecule has 1 aliphatic heterocycles. The molecule has 0 radical (unpaired) electrons. The largest absolute Gasteiger partial charge is 0.573 e. The molecule has 1 saturated carbocycles. The molecule has 2 fully saturated rings. The van der Waals surface area contributed by atoms with E-state index in [0.717, 1.165) is 55.5 Å². The molecule has 4 nitrogen and oxygen atoms in total. The molecule has 5 rings (SSSR count). The van der Waals surface area contributed by atoms with Crippen molar-refractivity contribution in [1.29, 1.82) is 0 Å². The van der Waals surface area contributed by atoms with Crippen LogP contribution in [0.25, 0.3) is 11.1 Å². The van der Waals surface area contributed by atoms with Crippen LogP contribution in [-0.4, -0.2) is 25.7 Å². The second-order valence-electron chi connectivity index (χ2n) is 12.1. The fourth-order valence-corrected chi connectivity index (χ4v) is 6.26. The average Bonchev–Trinajstić information content (AvgIpc) is 3.02. The minimum atomic E-state index is -5.04. The lowest BCUT2D eigenvalue weighted by Gasteiger charge is -2.38. The van der Waals surface area contributed by atoms with Crippen LogP contribution in [0.1, 0.15) is 74.8 Å². The normalized spacial score (nSPS) is 22.3. The summed E-state index contributed by atoms with van der Waals surface area (Å²) in [5.74, 6) is -5.06. The summed E-state index contributed by atoms with van der Waals surface area (Å²) in [6.07, 6.45) is -5.66. The molecule has 1 heterocycles.